The van der Waals surface area contributed by atoms with E-state index < -0.39 is 4.92 Å². The Hall–Kier alpha value is -3.92. The third-order valence-corrected chi connectivity index (χ3v) is 6.19. The summed E-state index contributed by atoms with van der Waals surface area (Å²) < 4.78 is 6.78. The molecule has 10 heteroatoms. The second-order valence-corrected chi connectivity index (χ2v) is 8.49. The van der Waals surface area contributed by atoms with Gasteiger partial charge in [-0.15, -0.1) is 0 Å². The van der Waals surface area contributed by atoms with Crippen LogP contribution in [0.2, 0.25) is 0 Å². The van der Waals surface area contributed by atoms with Gasteiger partial charge in [0, 0.05) is 30.9 Å². The van der Waals surface area contributed by atoms with E-state index in [0.717, 1.165) is 5.56 Å². The highest BCUT2D eigenvalue weighted by atomic mass is 32.2. The number of hydrogen-bond acceptors (Lipinski definition) is 7. The molecule has 0 aliphatic rings. The second kappa shape index (κ2) is 10.8. The predicted octanol–water partition coefficient (Wildman–Crippen LogP) is 4.29. The summed E-state index contributed by atoms with van der Waals surface area (Å²) in [5, 5.41) is 14.9. The van der Waals surface area contributed by atoms with Crippen LogP contribution in [0.25, 0.3) is 10.9 Å². The van der Waals surface area contributed by atoms with Crippen LogP contribution in [0, 0.1) is 10.1 Å². The molecule has 4 rings (SSSR count). The van der Waals surface area contributed by atoms with Gasteiger partial charge < -0.3 is 9.73 Å². The van der Waals surface area contributed by atoms with Gasteiger partial charge in [-0.3, -0.25) is 24.3 Å². The Bertz CT molecular complexity index is 1370. The van der Waals surface area contributed by atoms with Crippen LogP contribution in [0.1, 0.15) is 24.2 Å². The Morgan fingerprint density at radius 3 is 2.79 bits per heavy atom. The van der Waals surface area contributed by atoms with Crippen LogP contribution in [-0.2, 0) is 23.6 Å². The van der Waals surface area contributed by atoms with Gasteiger partial charge in [0.15, 0.2) is 5.16 Å². The van der Waals surface area contributed by atoms with Crippen LogP contribution in [0.4, 0.5) is 5.69 Å². The van der Waals surface area contributed by atoms with Gasteiger partial charge in [0.05, 0.1) is 28.6 Å². The lowest BCUT2D eigenvalue weighted by Crippen LogP contribution is -2.26. The van der Waals surface area contributed by atoms with Crippen molar-refractivity contribution in [2.24, 2.45) is 0 Å². The van der Waals surface area contributed by atoms with Gasteiger partial charge in [-0.1, -0.05) is 36.0 Å². The second-order valence-electron chi connectivity index (χ2n) is 7.54. The van der Waals surface area contributed by atoms with Crippen molar-refractivity contribution in [3.05, 3.63) is 98.7 Å². The molecule has 2 aromatic heterocycles. The Kier molecular flexibility index (Phi) is 7.38. The molecule has 0 radical (unpaired) electrons. The number of carbonyl (C=O) groups excluding carboxylic acids is 1. The first-order valence-corrected chi connectivity index (χ1v) is 11.6. The maximum absolute atomic E-state index is 13.2. The summed E-state index contributed by atoms with van der Waals surface area (Å²) in [6.45, 7) is 0.635. The van der Waals surface area contributed by atoms with E-state index in [1.165, 1.54) is 23.9 Å². The van der Waals surface area contributed by atoms with E-state index in [9.17, 15) is 19.7 Å². The predicted molar refractivity (Wildman–Crippen MR) is 128 cm³/mol. The number of fused-ring (bicyclic) bond motifs is 1. The molecule has 1 N–H and O–H groups in total. The molecule has 0 fully saturated rings. The van der Waals surface area contributed by atoms with E-state index in [2.05, 4.69) is 10.3 Å². The largest absolute Gasteiger partial charge is 0.467 e. The topological polar surface area (TPSA) is 120 Å². The van der Waals surface area contributed by atoms with Gasteiger partial charge in [0.25, 0.3) is 11.2 Å². The van der Waals surface area contributed by atoms with Gasteiger partial charge in [-0.2, -0.15) is 0 Å². The Labute approximate surface area is 199 Å². The summed E-state index contributed by atoms with van der Waals surface area (Å²) in [6, 6.07) is 17.0. The lowest BCUT2D eigenvalue weighted by molar-refractivity contribution is -0.384. The lowest BCUT2D eigenvalue weighted by atomic mass is 10.2. The highest BCUT2D eigenvalue weighted by Gasteiger charge is 2.13. The molecular formula is C24H22N4O5S. The number of rotatable bonds is 10. The van der Waals surface area contributed by atoms with Gasteiger partial charge >= 0.3 is 0 Å². The lowest BCUT2D eigenvalue weighted by Gasteiger charge is -2.13. The summed E-state index contributed by atoms with van der Waals surface area (Å²) >= 11 is 1.33. The number of nitrogens with zero attached hydrogens (tertiary/aromatic N) is 3. The van der Waals surface area contributed by atoms with Crippen LogP contribution >= 0.6 is 11.8 Å². The van der Waals surface area contributed by atoms with E-state index >= 15 is 0 Å². The van der Waals surface area contributed by atoms with Crippen LogP contribution in [0.5, 0.6) is 0 Å². The zero-order chi connectivity index (χ0) is 23.9. The van der Waals surface area contributed by atoms with E-state index in [-0.39, 0.29) is 23.6 Å². The van der Waals surface area contributed by atoms with Gasteiger partial charge in [-0.05, 0) is 36.2 Å². The van der Waals surface area contributed by atoms with Crippen molar-refractivity contribution in [2.45, 2.75) is 36.8 Å². The molecular weight excluding hydrogens is 456 g/mol. The van der Waals surface area contributed by atoms with Gasteiger partial charge in [0.1, 0.15) is 5.76 Å². The number of aromatic nitrogens is 2. The maximum Gasteiger partial charge on any atom is 0.269 e. The number of benzene rings is 2. The fourth-order valence-electron chi connectivity index (χ4n) is 3.45. The zero-order valence-electron chi connectivity index (χ0n) is 18.2. The van der Waals surface area contributed by atoms with E-state index in [1.54, 1.807) is 53.3 Å². The third kappa shape index (κ3) is 5.70. The zero-order valence-corrected chi connectivity index (χ0v) is 19.0. The summed E-state index contributed by atoms with van der Waals surface area (Å²) in [6.07, 6.45) is 2.25. The number of para-hydroxylation sites is 1. The SMILES string of the molecule is O=C(CCCn1c(SCc2cccc([N+](=O)[O-])c2)nc2ccccc2c1=O)NCc1ccco1. The minimum atomic E-state index is -0.435. The monoisotopic (exact) mass is 478 g/mol. The van der Waals surface area contributed by atoms with Crippen molar-refractivity contribution in [3.8, 4) is 0 Å². The molecule has 0 saturated heterocycles. The van der Waals surface area contributed by atoms with Crippen molar-refractivity contribution < 1.29 is 14.1 Å². The number of nitrogens with one attached hydrogen (secondary N) is 1. The molecule has 1 amide bonds. The highest BCUT2D eigenvalue weighted by Crippen LogP contribution is 2.24. The standard InChI is InChI=1S/C24H22N4O5S/c29-22(25-15-19-8-5-13-33-19)11-4-12-27-23(30)20-9-1-2-10-21(20)26-24(27)34-16-17-6-3-7-18(14-17)28(31)32/h1-3,5-10,13-14H,4,11-12,15-16H2,(H,25,29). The Balaban J connectivity index is 1.48. The van der Waals surface area contributed by atoms with E-state index in [4.69, 9.17) is 4.42 Å². The molecule has 0 aliphatic heterocycles. The molecule has 0 bridgehead atoms. The average Bonchev–Trinajstić information content (AvgIpc) is 3.37. The van der Waals surface area contributed by atoms with E-state index in [0.29, 0.717) is 47.1 Å². The van der Waals surface area contributed by atoms with Crippen molar-refractivity contribution >= 4 is 34.3 Å². The summed E-state index contributed by atoms with van der Waals surface area (Å²) in [4.78, 5) is 40.6. The fourth-order valence-corrected chi connectivity index (χ4v) is 4.42. The number of hydrogen-bond donors (Lipinski definition) is 1. The number of non-ortho nitro benzene ring substituents is 1. The van der Waals surface area contributed by atoms with Crippen LogP contribution < -0.4 is 10.9 Å². The number of nitro benzene ring substituents is 1. The number of furan rings is 1. The first kappa shape index (κ1) is 23.2. The number of amides is 1. The van der Waals surface area contributed by atoms with Gasteiger partial charge in [-0.25, -0.2) is 4.98 Å². The molecule has 34 heavy (non-hydrogen) atoms. The molecule has 9 nitrogen and oxygen atoms in total. The average molecular weight is 479 g/mol. The first-order chi connectivity index (χ1) is 16.5. The molecule has 174 valence electrons. The van der Waals surface area contributed by atoms with Gasteiger partial charge in [0.2, 0.25) is 5.91 Å². The van der Waals surface area contributed by atoms with Crippen LogP contribution in [0.3, 0.4) is 0 Å². The minimum absolute atomic E-state index is 0.0162. The number of carbonyl (C=O) groups is 1. The number of nitro groups is 1. The first-order valence-electron chi connectivity index (χ1n) is 10.7. The molecule has 0 aliphatic carbocycles. The number of thioether (sulfide) groups is 1. The van der Waals surface area contributed by atoms with Crippen molar-refractivity contribution in [3.63, 3.8) is 0 Å². The van der Waals surface area contributed by atoms with E-state index in [1.807, 2.05) is 6.07 Å². The van der Waals surface area contributed by atoms with Crippen LogP contribution in [0.15, 0.2) is 81.3 Å². The highest BCUT2D eigenvalue weighted by molar-refractivity contribution is 7.98. The molecule has 0 unspecified atom stereocenters. The Morgan fingerprint density at radius 1 is 1.15 bits per heavy atom. The minimum Gasteiger partial charge on any atom is -0.467 e. The molecule has 2 aromatic carbocycles. The van der Waals surface area contributed by atoms with Crippen molar-refractivity contribution in [2.75, 3.05) is 0 Å². The Morgan fingerprint density at radius 2 is 2.00 bits per heavy atom. The summed E-state index contributed by atoms with van der Waals surface area (Å²) in [5.41, 5.74) is 1.18. The normalized spacial score (nSPS) is 10.9. The summed E-state index contributed by atoms with van der Waals surface area (Å²) in [5.74, 6) is 0.947. The van der Waals surface area contributed by atoms with Crippen LogP contribution in [-0.4, -0.2) is 20.4 Å². The molecule has 4 aromatic rings. The van der Waals surface area contributed by atoms with Crippen molar-refractivity contribution in [1.82, 2.24) is 14.9 Å². The quantitative estimate of drug-likeness (QED) is 0.156. The molecule has 0 saturated carbocycles. The summed E-state index contributed by atoms with van der Waals surface area (Å²) in [7, 11) is 0. The third-order valence-electron chi connectivity index (χ3n) is 5.14. The maximum atomic E-state index is 13.2. The molecule has 0 atom stereocenters. The molecule has 0 spiro atoms. The fraction of sp³-hybridized carbons (Fsp3) is 0.208. The smallest absolute Gasteiger partial charge is 0.269 e. The molecule has 2 heterocycles. The van der Waals surface area contributed by atoms with Crippen molar-refractivity contribution in [1.29, 1.82) is 0 Å².